The minimum absolute atomic E-state index is 0.0124. The molecule has 0 unspecified atom stereocenters. The third kappa shape index (κ3) is 5.53. The molecule has 0 radical (unpaired) electrons. The van der Waals surface area contributed by atoms with Crippen LogP contribution in [0.4, 0.5) is 13.2 Å². The number of nitrogens with two attached hydrogens (primary N) is 1. The van der Waals surface area contributed by atoms with Crippen LogP contribution < -0.4 is 5.73 Å². The number of ether oxygens (including phenoxy) is 1. The highest BCUT2D eigenvalue weighted by Gasteiger charge is 2.36. The second-order valence-corrected chi connectivity index (χ2v) is 7.75. The van der Waals surface area contributed by atoms with Gasteiger partial charge in [-0.1, -0.05) is 6.58 Å². The number of rotatable bonds is 5. The quantitative estimate of drug-likeness (QED) is 0.695. The zero-order chi connectivity index (χ0) is 23.5. The molecule has 9 heteroatoms. The van der Waals surface area contributed by atoms with Crippen molar-refractivity contribution in [1.29, 1.82) is 0 Å². The van der Waals surface area contributed by atoms with Crippen molar-refractivity contribution in [3.63, 3.8) is 0 Å². The lowest BCUT2D eigenvalue weighted by molar-refractivity contribution is -0.141. The molecule has 2 atom stereocenters. The van der Waals surface area contributed by atoms with Gasteiger partial charge in [0.25, 0.3) is 0 Å². The van der Waals surface area contributed by atoms with Crippen LogP contribution in [0.5, 0.6) is 0 Å². The van der Waals surface area contributed by atoms with E-state index in [4.69, 9.17) is 10.5 Å². The van der Waals surface area contributed by atoms with Crippen LogP contribution in [0.25, 0.3) is 11.3 Å². The summed E-state index contributed by atoms with van der Waals surface area (Å²) in [5.41, 5.74) is 6.55. The Balaban J connectivity index is 2.06. The molecule has 1 fully saturated rings. The van der Waals surface area contributed by atoms with Crippen molar-refractivity contribution < 1.29 is 17.9 Å². The lowest BCUT2D eigenvalue weighted by Gasteiger charge is -2.36. The maximum Gasteiger partial charge on any atom is 0.434 e. The average molecular weight is 445 g/mol. The van der Waals surface area contributed by atoms with Gasteiger partial charge in [0.1, 0.15) is 5.82 Å². The van der Waals surface area contributed by atoms with Gasteiger partial charge in [-0.3, -0.25) is 9.97 Å². The summed E-state index contributed by atoms with van der Waals surface area (Å²) in [7, 11) is 0. The Morgan fingerprint density at radius 2 is 1.91 bits per heavy atom. The standard InChI is InChI=1S/C23H26F3N5O/c1-14-10-18(7-9-28-14)20(11-30-17(4)31-12-15(2)32-16(3)13-31)21(27)19-6-5-8-29-22(19)23(24,25)26/h5-11,15-16H,4,12-13,27H2,1-3H3/b21-20+,30-11-/t15-,16+. The van der Waals surface area contributed by atoms with Crippen LogP contribution in [0, 0.1) is 6.92 Å². The van der Waals surface area contributed by atoms with E-state index in [1.807, 2.05) is 18.7 Å². The molecule has 0 saturated carbocycles. The van der Waals surface area contributed by atoms with E-state index < -0.39 is 11.9 Å². The second-order valence-electron chi connectivity index (χ2n) is 7.75. The summed E-state index contributed by atoms with van der Waals surface area (Å²) in [6.07, 6.45) is -0.519. The molecule has 0 amide bonds. The maximum atomic E-state index is 13.6. The summed E-state index contributed by atoms with van der Waals surface area (Å²) >= 11 is 0. The monoisotopic (exact) mass is 445 g/mol. The van der Waals surface area contributed by atoms with E-state index in [-0.39, 0.29) is 23.5 Å². The van der Waals surface area contributed by atoms with E-state index in [0.29, 0.717) is 35.7 Å². The Hall–Kier alpha value is -3.20. The molecule has 0 aliphatic carbocycles. The number of morpholine rings is 1. The third-order valence-electron chi connectivity index (χ3n) is 4.99. The van der Waals surface area contributed by atoms with Gasteiger partial charge in [-0.05, 0) is 50.6 Å². The topological polar surface area (TPSA) is 76.6 Å². The fourth-order valence-corrected chi connectivity index (χ4v) is 3.62. The number of allylic oxidation sites excluding steroid dienone is 1. The molecule has 32 heavy (non-hydrogen) atoms. The number of hydrogen-bond acceptors (Lipinski definition) is 6. The van der Waals surface area contributed by atoms with E-state index in [9.17, 15) is 13.2 Å². The number of hydrogen-bond donors (Lipinski definition) is 1. The van der Waals surface area contributed by atoms with Crippen LogP contribution in [0.1, 0.15) is 36.4 Å². The van der Waals surface area contributed by atoms with Gasteiger partial charge in [0.05, 0.1) is 17.9 Å². The smallest absolute Gasteiger partial charge is 0.398 e. The minimum Gasteiger partial charge on any atom is -0.398 e. The zero-order valence-electron chi connectivity index (χ0n) is 18.2. The summed E-state index contributed by atoms with van der Waals surface area (Å²) in [4.78, 5) is 14.1. The molecular formula is C23H26F3N5O. The summed E-state index contributed by atoms with van der Waals surface area (Å²) in [6.45, 7) is 11.0. The van der Waals surface area contributed by atoms with Crippen LogP contribution in [0.2, 0.25) is 0 Å². The maximum absolute atomic E-state index is 13.6. The normalized spacial score (nSPS) is 20.4. The first-order valence-electron chi connectivity index (χ1n) is 10.1. The van der Waals surface area contributed by atoms with Crippen LogP contribution in [-0.2, 0) is 10.9 Å². The highest BCUT2D eigenvalue weighted by atomic mass is 19.4. The molecule has 170 valence electrons. The lowest BCUT2D eigenvalue weighted by Crippen LogP contribution is -2.44. The van der Waals surface area contributed by atoms with E-state index in [2.05, 4.69) is 21.5 Å². The van der Waals surface area contributed by atoms with Crippen molar-refractivity contribution in [2.24, 2.45) is 10.7 Å². The molecular weight excluding hydrogens is 419 g/mol. The number of nitrogens with zero attached hydrogens (tertiary/aromatic N) is 4. The molecule has 0 bridgehead atoms. The van der Waals surface area contributed by atoms with Crippen molar-refractivity contribution in [2.45, 2.75) is 39.2 Å². The number of aryl methyl sites for hydroxylation is 1. The Labute approximate surface area is 185 Å². The highest BCUT2D eigenvalue weighted by molar-refractivity contribution is 6.19. The Bertz CT molecular complexity index is 1040. The van der Waals surface area contributed by atoms with Crippen molar-refractivity contribution in [1.82, 2.24) is 14.9 Å². The first kappa shape index (κ1) is 23.5. The van der Waals surface area contributed by atoms with Crippen molar-refractivity contribution in [3.8, 4) is 0 Å². The van der Waals surface area contributed by atoms with Gasteiger partial charge in [0.15, 0.2) is 5.69 Å². The first-order chi connectivity index (χ1) is 15.1. The highest BCUT2D eigenvalue weighted by Crippen LogP contribution is 2.34. The third-order valence-corrected chi connectivity index (χ3v) is 4.99. The average Bonchev–Trinajstić information content (AvgIpc) is 2.72. The van der Waals surface area contributed by atoms with Crippen LogP contribution in [0.3, 0.4) is 0 Å². The van der Waals surface area contributed by atoms with Crippen LogP contribution in [0.15, 0.2) is 54.1 Å². The SMILES string of the molecule is C=C(/N=C\C(=C(/N)c1cccnc1C(F)(F)F)c1ccnc(C)c1)N1C[C@@H](C)O[C@@H](C)C1. The molecule has 1 aliphatic heterocycles. The van der Waals surface area contributed by atoms with E-state index in [0.717, 1.165) is 6.20 Å². The van der Waals surface area contributed by atoms with Crippen molar-refractivity contribution in [2.75, 3.05) is 13.1 Å². The number of aliphatic imine (C=N–C) groups is 1. The molecule has 6 nitrogen and oxygen atoms in total. The first-order valence-corrected chi connectivity index (χ1v) is 10.1. The molecule has 1 saturated heterocycles. The zero-order valence-corrected chi connectivity index (χ0v) is 18.2. The summed E-state index contributed by atoms with van der Waals surface area (Å²) in [5.74, 6) is 0.477. The van der Waals surface area contributed by atoms with Crippen molar-refractivity contribution >= 4 is 17.5 Å². The number of aromatic nitrogens is 2. The van der Waals surface area contributed by atoms with Crippen LogP contribution >= 0.6 is 0 Å². The Morgan fingerprint density at radius 1 is 1.22 bits per heavy atom. The molecule has 0 spiro atoms. The number of pyridine rings is 2. The van der Waals surface area contributed by atoms with Crippen LogP contribution in [-0.4, -0.2) is 46.4 Å². The lowest BCUT2D eigenvalue weighted by atomic mass is 9.99. The van der Waals surface area contributed by atoms with E-state index >= 15 is 0 Å². The van der Waals surface area contributed by atoms with E-state index in [1.165, 1.54) is 18.3 Å². The fourth-order valence-electron chi connectivity index (χ4n) is 3.62. The molecule has 3 heterocycles. The van der Waals surface area contributed by atoms with E-state index in [1.54, 1.807) is 25.3 Å². The molecule has 2 N–H and O–H groups in total. The van der Waals surface area contributed by atoms with Gasteiger partial charge in [-0.25, -0.2) is 4.99 Å². The number of halogens is 3. The molecule has 1 aliphatic rings. The molecule has 2 aromatic heterocycles. The van der Waals surface area contributed by atoms with Gasteiger partial charge in [0, 0.05) is 48.5 Å². The van der Waals surface area contributed by atoms with Gasteiger partial charge in [0.2, 0.25) is 0 Å². The second kappa shape index (κ2) is 9.52. The molecule has 0 aromatic carbocycles. The Kier molecular flexibility index (Phi) is 6.98. The minimum atomic E-state index is -4.65. The van der Waals surface area contributed by atoms with Gasteiger partial charge < -0.3 is 15.4 Å². The predicted octanol–water partition coefficient (Wildman–Crippen LogP) is 4.28. The van der Waals surface area contributed by atoms with Gasteiger partial charge in [-0.15, -0.1) is 0 Å². The summed E-state index contributed by atoms with van der Waals surface area (Å²) in [6, 6.07) is 6.12. The van der Waals surface area contributed by atoms with Crippen molar-refractivity contribution in [3.05, 3.63) is 71.6 Å². The largest absolute Gasteiger partial charge is 0.434 e. The number of alkyl halides is 3. The molecule has 3 rings (SSSR count). The Morgan fingerprint density at radius 3 is 2.53 bits per heavy atom. The van der Waals surface area contributed by atoms with Gasteiger partial charge >= 0.3 is 6.18 Å². The fraction of sp³-hybridized carbons (Fsp3) is 0.348. The molecule has 2 aromatic rings. The summed E-state index contributed by atoms with van der Waals surface area (Å²) in [5, 5.41) is 0. The predicted molar refractivity (Wildman–Crippen MR) is 118 cm³/mol. The summed E-state index contributed by atoms with van der Waals surface area (Å²) < 4.78 is 46.4. The van der Waals surface area contributed by atoms with Gasteiger partial charge in [-0.2, -0.15) is 13.2 Å².